The Morgan fingerprint density at radius 2 is 1.73 bits per heavy atom. The summed E-state index contributed by atoms with van der Waals surface area (Å²) in [4.78, 5) is 11.0. The van der Waals surface area contributed by atoms with Gasteiger partial charge >= 0.3 is 5.97 Å². The number of nitrogens with zero attached hydrogens (tertiary/aromatic N) is 2. The molecule has 5 nitrogen and oxygen atoms in total. The Labute approximate surface area is 182 Å². The van der Waals surface area contributed by atoms with Crippen LogP contribution in [0.2, 0.25) is 0 Å². The zero-order chi connectivity index (χ0) is 21.5. The van der Waals surface area contributed by atoms with Gasteiger partial charge in [-0.1, -0.05) is 36.4 Å². The molecule has 0 heterocycles. The Morgan fingerprint density at radius 1 is 1.03 bits per heavy atom. The number of halogens is 1. The van der Waals surface area contributed by atoms with Gasteiger partial charge in [0, 0.05) is 5.56 Å². The van der Waals surface area contributed by atoms with Crippen molar-refractivity contribution in [2.45, 2.75) is 6.61 Å². The van der Waals surface area contributed by atoms with Crippen molar-refractivity contribution in [3.8, 4) is 17.9 Å². The average molecular weight is 459 g/mol. The predicted molar refractivity (Wildman–Crippen MR) is 117 cm³/mol. The van der Waals surface area contributed by atoms with Gasteiger partial charge in [0.2, 0.25) is 0 Å². The molecular formula is C24H15BrN2O3. The van der Waals surface area contributed by atoms with Gasteiger partial charge in [0.05, 0.1) is 33.3 Å². The van der Waals surface area contributed by atoms with Crippen LogP contribution >= 0.6 is 15.9 Å². The fourth-order valence-corrected chi connectivity index (χ4v) is 3.28. The Hall–Kier alpha value is -3.87. The summed E-state index contributed by atoms with van der Waals surface area (Å²) in [6.45, 7) is 0.261. The third-order valence-corrected chi connectivity index (χ3v) is 4.97. The van der Waals surface area contributed by atoms with Gasteiger partial charge in [0.1, 0.15) is 12.4 Å². The van der Waals surface area contributed by atoms with Gasteiger partial charge in [-0.05, 0) is 63.5 Å². The van der Waals surface area contributed by atoms with Crippen molar-refractivity contribution in [3.05, 3.63) is 99.0 Å². The Bertz CT molecular complexity index is 1200. The molecule has 3 aromatic carbocycles. The molecule has 0 aromatic heterocycles. The monoisotopic (exact) mass is 458 g/mol. The first-order valence-corrected chi connectivity index (χ1v) is 9.67. The summed E-state index contributed by atoms with van der Waals surface area (Å²) >= 11 is 3.48. The van der Waals surface area contributed by atoms with Crippen molar-refractivity contribution in [2.24, 2.45) is 0 Å². The molecule has 0 fully saturated rings. The maximum absolute atomic E-state index is 11.0. The van der Waals surface area contributed by atoms with E-state index in [0.29, 0.717) is 26.9 Å². The molecule has 0 saturated heterocycles. The molecule has 0 aliphatic rings. The van der Waals surface area contributed by atoms with E-state index in [2.05, 4.69) is 28.1 Å². The Balaban J connectivity index is 1.79. The zero-order valence-electron chi connectivity index (χ0n) is 15.7. The standard InChI is InChI=1S/C24H15BrN2O3/c25-22-12-16(11-21(14-27)17-6-8-18(9-7-17)24(28)29)5-10-23(22)30-15-20-4-2-1-3-19(20)13-26/h1-12H,15H2,(H,28,29)/b21-11-. The van der Waals surface area contributed by atoms with Gasteiger partial charge in [0.15, 0.2) is 0 Å². The molecule has 0 amide bonds. The SMILES string of the molecule is N#C/C(=C/c1ccc(OCc2ccccc2C#N)c(Br)c1)c1ccc(C(=O)O)cc1. The van der Waals surface area contributed by atoms with E-state index in [4.69, 9.17) is 9.84 Å². The van der Waals surface area contributed by atoms with Gasteiger partial charge < -0.3 is 9.84 Å². The fraction of sp³-hybridized carbons (Fsp3) is 0.0417. The van der Waals surface area contributed by atoms with Gasteiger partial charge in [-0.3, -0.25) is 0 Å². The van der Waals surface area contributed by atoms with E-state index < -0.39 is 5.97 Å². The second kappa shape index (κ2) is 9.56. The number of hydrogen-bond donors (Lipinski definition) is 1. The number of aromatic carboxylic acids is 1. The maximum Gasteiger partial charge on any atom is 0.335 e. The van der Waals surface area contributed by atoms with E-state index in [0.717, 1.165) is 11.1 Å². The smallest absolute Gasteiger partial charge is 0.335 e. The number of carbonyl (C=O) groups is 1. The quantitative estimate of drug-likeness (QED) is 0.379. The van der Waals surface area contributed by atoms with Crippen molar-refractivity contribution < 1.29 is 14.6 Å². The molecule has 3 rings (SSSR count). The summed E-state index contributed by atoms with van der Waals surface area (Å²) in [5, 5.41) is 27.7. The van der Waals surface area contributed by atoms with Crippen molar-refractivity contribution >= 4 is 33.5 Å². The summed E-state index contributed by atoms with van der Waals surface area (Å²) in [5.74, 6) is -0.398. The topological polar surface area (TPSA) is 94.1 Å². The van der Waals surface area contributed by atoms with Crippen LogP contribution in [0.15, 0.2) is 71.2 Å². The first kappa shape index (κ1) is 20.9. The molecule has 0 aliphatic carbocycles. The Morgan fingerprint density at radius 3 is 2.37 bits per heavy atom. The van der Waals surface area contributed by atoms with Crippen LogP contribution in [0.3, 0.4) is 0 Å². The molecule has 30 heavy (non-hydrogen) atoms. The highest BCUT2D eigenvalue weighted by Crippen LogP contribution is 2.29. The lowest BCUT2D eigenvalue weighted by Crippen LogP contribution is -1.98. The third kappa shape index (κ3) is 4.94. The van der Waals surface area contributed by atoms with Crippen molar-refractivity contribution in [1.82, 2.24) is 0 Å². The van der Waals surface area contributed by atoms with Crippen LogP contribution in [0.25, 0.3) is 11.6 Å². The van der Waals surface area contributed by atoms with Crippen LogP contribution in [-0.4, -0.2) is 11.1 Å². The molecule has 0 aliphatic heterocycles. The number of allylic oxidation sites excluding steroid dienone is 1. The summed E-state index contributed by atoms with van der Waals surface area (Å²) in [6, 6.07) is 23.1. The first-order chi connectivity index (χ1) is 14.5. The maximum atomic E-state index is 11.0. The molecule has 0 atom stereocenters. The van der Waals surface area contributed by atoms with Crippen molar-refractivity contribution in [1.29, 1.82) is 10.5 Å². The molecule has 0 saturated carbocycles. The minimum atomic E-state index is -1.01. The second-order valence-corrected chi connectivity index (χ2v) is 7.15. The molecule has 146 valence electrons. The van der Waals surface area contributed by atoms with Crippen LogP contribution in [0, 0.1) is 22.7 Å². The predicted octanol–water partition coefficient (Wildman–Crippen LogP) is 5.66. The van der Waals surface area contributed by atoms with Gasteiger partial charge in [0.25, 0.3) is 0 Å². The van der Waals surface area contributed by atoms with Crippen LogP contribution in [0.4, 0.5) is 0 Å². The average Bonchev–Trinajstić information content (AvgIpc) is 2.77. The molecule has 0 unspecified atom stereocenters. The first-order valence-electron chi connectivity index (χ1n) is 8.87. The van der Waals surface area contributed by atoms with Crippen molar-refractivity contribution in [2.75, 3.05) is 0 Å². The number of benzene rings is 3. The summed E-state index contributed by atoms with van der Waals surface area (Å²) in [5.41, 5.74) is 3.36. The van der Waals surface area contributed by atoms with E-state index in [1.807, 2.05) is 24.3 Å². The highest BCUT2D eigenvalue weighted by molar-refractivity contribution is 9.10. The second-order valence-electron chi connectivity index (χ2n) is 6.30. The number of ether oxygens (including phenoxy) is 1. The summed E-state index contributed by atoms with van der Waals surface area (Å²) < 4.78 is 6.54. The third-order valence-electron chi connectivity index (χ3n) is 4.35. The van der Waals surface area contributed by atoms with Crippen LogP contribution in [-0.2, 0) is 6.61 Å². The minimum Gasteiger partial charge on any atom is -0.488 e. The number of carboxylic acids is 1. The minimum absolute atomic E-state index is 0.165. The van der Waals surface area contributed by atoms with E-state index in [-0.39, 0.29) is 12.2 Å². The molecule has 1 N–H and O–H groups in total. The van der Waals surface area contributed by atoms with Gasteiger partial charge in [-0.25, -0.2) is 4.79 Å². The van der Waals surface area contributed by atoms with Gasteiger partial charge in [-0.15, -0.1) is 0 Å². The highest BCUT2D eigenvalue weighted by atomic mass is 79.9. The molecule has 0 bridgehead atoms. The van der Waals surface area contributed by atoms with Crippen molar-refractivity contribution in [3.63, 3.8) is 0 Å². The normalized spacial score (nSPS) is 10.7. The number of nitriles is 2. The largest absolute Gasteiger partial charge is 0.488 e. The van der Waals surface area contributed by atoms with Crippen LogP contribution in [0.1, 0.15) is 32.6 Å². The highest BCUT2D eigenvalue weighted by Gasteiger charge is 2.08. The lowest BCUT2D eigenvalue weighted by molar-refractivity contribution is 0.0697. The lowest BCUT2D eigenvalue weighted by atomic mass is 10.0. The summed E-state index contributed by atoms with van der Waals surface area (Å²) in [7, 11) is 0. The van der Waals surface area contributed by atoms with Gasteiger partial charge in [-0.2, -0.15) is 10.5 Å². The lowest BCUT2D eigenvalue weighted by Gasteiger charge is -2.10. The fourth-order valence-electron chi connectivity index (χ4n) is 2.77. The molecule has 6 heteroatoms. The summed E-state index contributed by atoms with van der Waals surface area (Å²) in [6.07, 6.45) is 1.72. The molecule has 3 aromatic rings. The Kier molecular flexibility index (Phi) is 6.64. The number of carboxylic acid groups (broad SMARTS) is 1. The van der Waals surface area contributed by atoms with Crippen LogP contribution in [0.5, 0.6) is 5.75 Å². The number of hydrogen-bond acceptors (Lipinski definition) is 4. The molecular weight excluding hydrogens is 444 g/mol. The molecule has 0 spiro atoms. The van der Waals surface area contributed by atoms with E-state index >= 15 is 0 Å². The van der Waals surface area contributed by atoms with E-state index in [1.165, 1.54) is 12.1 Å². The number of rotatable bonds is 6. The van der Waals surface area contributed by atoms with E-state index in [1.54, 1.807) is 36.4 Å². The van der Waals surface area contributed by atoms with Crippen LogP contribution < -0.4 is 4.74 Å². The zero-order valence-corrected chi connectivity index (χ0v) is 17.3. The van der Waals surface area contributed by atoms with E-state index in [9.17, 15) is 15.3 Å². The molecule has 0 radical (unpaired) electrons.